The zero-order valence-corrected chi connectivity index (χ0v) is 9.66. The Balaban J connectivity index is 2.37. The van der Waals surface area contributed by atoms with Crippen molar-refractivity contribution in [2.75, 3.05) is 19.5 Å². The molecule has 4 heteroatoms. The molecule has 0 atom stereocenters. The monoisotopic (exact) mass is 217 g/mol. The van der Waals surface area contributed by atoms with Crippen molar-refractivity contribution in [2.45, 2.75) is 6.92 Å². The molecule has 0 spiro atoms. The molecular formula is C12H15N3O. The Morgan fingerprint density at radius 2 is 2.19 bits per heavy atom. The highest BCUT2D eigenvalue weighted by Crippen LogP contribution is 2.25. The number of aromatic amines is 1. The number of H-pyrrole nitrogens is 1. The van der Waals surface area contributed by atoms with Crippen molar-refractivity contribution >= 4 is 5.95 Å². The molecule has 0 amide bonds. The molecule has 2 aromatic rings. The molecule has 16 heavy (non-hydrogen) atoms. The van der Waals surface area contributed by atoms with Gasteiger partial charge in [-0.2, -0.15) is 0 Å². The third-order valence-corrected chi connectivity index (χ3v) is 2.52. The van der Waals surface area contributed by atoms with Crippen LogP contribution in [0.15, 0.2) is 24.4 Å². The van der Waals surface area contributed by atoms with Gasteiger partial charge in [0.25, 0.3) is 0 Å². The van der Waals surface area contributed by atoms with Gasteiger partial charge < -0.3 is 15.0 Å². The summed E-state index contributed by atoms with van der Waals surface area (Å²) < 4.78 is 5.22. The Bertz CT molecular complexity index is 491. The van der Waals surface area contributed by atoms with E-state index in [0.29, 0.717) is 0 Å². The van der Waals surface area contributed by atoms with Crippen LogP contribution in [0.2, 0.25) is 0 Å². The van der Waals surface area contributed by atoms with Crippen molar-refractivity contribution in [3.63, 3.8) is 0 Å². The number of benzene rings is 1. The highest BCUT2D eigenvalue weighted by molar-refractivity contribution is 5.62. The van der Waals surface area contributed by atoms with Gasteiger partial charge in [0.05, 0.1) is 19.0 Å². The molecule has 0 aliphatic heterocycles. The first kappa shape index (κ1) is 10.5. The molecule has 0 radical (unpaired) electrons. The summed E-state index contributed by atoms with van der Waals surface area (Å²) >= 11 is 0. The molecule has 2 N–H and O–H groups in total. The summed E-state index contributed by atoms with van der Waals surface area (Å²) in [5.74, 6) is 1.67. The van der Waals surface area contributed by atoms with Gasteiger partial charge in [-0.05, 0) is 30.7 Å². The lowest BCUT2D eigenvalue weighted by molar-refractivity contribution is 0.412. The minimum atomic E-state index is 0.767. The highest BCUT2D eigenvalue weighted by Gasteiger charge is 2.04. The van der Waals surface area contributed by atoms with E-state index >= 15 is 0 Å². The first-order valence-corrected chi connectivity index (χ1v) is 5.12. The van der Waals surface area contributed by atoms with E-state index in [1.807, 2.05) is 32.3 Å². The molecule has 0 aliphatic rings. The number of hydrogen-bond acceptors (Lipinski definition) is 3. The molecule has 1 aromatic carbocycles. The van der Waals surface area contributed by atoms with Crippen molar-refractivity contribution in [3.05, 3.63) is 30.0 Å². The number of hydrogen-bond donors (Lipinski definition) is 2. The number of nitrogens with one attached hydrogen (secondary N) is 2. The minimum Gasteiger partial charge on any atom is -0.496 e. The molecule has 0 bridgehead atoms. The van der Waals surface area contributed by atoms with Crippen molar-refractivity contribution in [1.29, 1.82) is 0 Å². The number of imidazole rings is 1. The number of nitrogens with zero attached hydrogens (tertiary/aromatic N) is 1. The topological polar surface area (TPSA) is 49.9 Å². The third kappa shape index (κ3) is 1.86. The van der Waals surface area contributed by atoms with Crippen molar-refractivity contribution < 1.29 is 4.74 Å². The lowest BCUT2D eigenvalue weighted by atomic mass is 10.1. The molecule has 4 nitrogen and oxygen atoms in total. The van der Waals surface area contributed by atoms with E-state index in [1.165, 1.54) is 0 Å². The predicted molar refractivity (Wildman–Crippen MR) is 64.9 cm³/mol. The molecule has 1 heterocycles. The molecule has 0 unspecified atom stereocenters. The maximum absolute atomic E-state index is 5.22. The standard InChI is InChI=1S/C12H15N3O/c1-8-6-9(4-5-11(8)16-3)10-7-14-12(13-2)15-10/h4-7H,1-3H3,(H2,13,14,15). The lowest BCUT2D eigenvalue weighted by Gasteiger charge is -2.05. The van der Waals surface area contributed by atoms with Crippen LogP contribution >= 0.6 is 0 Å². The predicted octanol–water partition coefficient (Wildman–Crippen LogP) is 2.44. The first-order chi connectivity index (χ1) is 7.74. The molecular weight excluding hydrogens is 202 g/mol. The Morgan fingerprint density at radius 3 is 2.75 bits per heavy atom. The molecule has 2 rings (SSSR count). The lowest BCUT2D eigenvalue weighted by Crippen LogP contribution is -1.90. The van der Waals surface area contributed by atoms with Gasteiger partial charge in [0.15, 0.2) is 5.95 Å². The van der Waals surface area contributed by atoms with E-state index in [-0.39, 0.29) is 0 Å². The van der Waals surface area contributed by atoms with Gasteiger partial charge in [0.1, 0.15) is 5.75 Å². The first-order valence-electron chi connectivity index (χ1n) is 5.12. The fraction of sp³-hybridized carbons (Fsp3) is 0.250. The van der Waals surface area contributed by atoms with Gasteiger partial charge in [0, 0.05) is 12.6 Å². The molecule has 84 valence electrons. The van der Waals surface area contributed by atoms with Crippen LogP contribution in [0.1, 0.15) is 5.56 Å². The zero-order chi connectivity index (χ0) is 11.5. The third-order valence-electron chi connectivity index (χ3n) is 2.52. The van der Waals surface area contributed by atoms with E-state index in [9.17, 15) is 0 Å². The van der Waals surface area contributed by atoms with Gasteiger partial charge in [-0.15, -0.1) is 0 Å². The van der Waals surface area contributed by atoms with E-state index in [0.717, 1.165) is 28.5 Å². The Morgan fingerprint density at radius 1 is 1.38 bits per heavy atom. The Labute approximate surface area is 94.7 Å². The molecule has 0 fully saturated rings. The fourth-order valence-corrected chi connectivity index (χ4v) is 1.64. The number of methoxy groups -OCH3 is 1. The van der Waals surface area contributed by atoms with Crippen molar-refractivity contribution in [1.82, 2.24) is 9.97 Å². The van der Waals surface area contributed by atoms with Crippen LogP contribution in [0.3, 0.4) is 0 Å². The largest absolute Gasteiger partial charge is 0.496 e. The van der Waals surface area contributed by atoms with Crippen LogP contribution < -0.4 is 10.1 Å². The fourth-order valence-electron chi connectivity index (χ4n) is 1.64. The SMILES string of the molecule is CNc1ncc(-c2ccc(OC)c(C)c2)[nH]1. The number of anilines is 1. The summed E-state index contributed by atoms with van der Waals surface area (Å²) in [7, 11) is 3.51. The van der Waals surface area contributed by atoms with Gasteiger partial charge in [0.2, 0.25) is 0 Å². The zero-order valence-electron chi connectivity index (χ0n) is 9.66. The molecule has 0 saturated heterocycles. The van der Waals surface area contributed by atoms with Crippen LogP contribution in [0.5, 0.6) is 5.75 Å². The summed E-state index contributed by atoms with van der Waals surface area (Å²) in [4.78, 5) is 7.37. The number of aryl methyl sites for hydroxylation is 1. The van der Waals surface area contributed by atoms with Crippen LogP contribution in [-0.4, -0.2) is 24.1 Å². The Hall–Kier alpha value is -1.97. The van der Waals surface area contributed by atoms with E-state index in [2.05, 4.69) is 21.4 Å². The van der Waals surface area contributed by atoms with Crippen molar-refractivity contribution in [2.24, 2.45) is 0 Å². The number of ether oxygens (including phenoxy) is 1. The molecule has 0 aliphatic carbocycles. The summed E-state index contributed by atoms with van der Waals surface area (Å²) in [6.45, 7) is 2.03. The van der Waals surface area contributed by atoms with E-state index in [4.69, 9.17) is 4.74 Å². The quantitative estimate of drug-likeness (QED) is 0.830. The summed E-state index contributed by atoms with van der Waals surface area (Å²) in [5, 5.41) is 2.96. The molecule has 0 saturated carbocycles. The average Bonchev–Trinajstić information content (AvgIpc) is 2.77. The Kier molecular flexibility index (Phi) is 2.81. The minimum absolute atomic E-state index is 0.767. The highest BCUT2D eigenvalue weighted by atomic mass is 16.5. The van der Waals surface area contributed by atoms with Crippen LogP contribution in [0, 0.1) is 6.92 Å². The maximum atomic E-state index is 5.22. The summed E-state index contributed by atoms with van der Waals surface area (Å²) in [6, 6.07) is 6.05. The summed E-state index contributed by atoms with van der Waals surface area (Å²) in [6.07, 6.45) is 1.81. The van der Waals surface area contributed by atoms with Crippen molar-refractivity contribution in [3.8, 4) is 17.0 Å². The van der Waals surface area contributed by atoms with Crippen LogP contribution in [0.25, 0.3) is 11.3 Å². The smallest absolute Gasteiger partial charge is 0.200 e. The summed E-state index contributed by atoms with van der Waals surface area (Å²) in [5.41, 5.74) is 3.21. The average molecular weight is 217 g/mol. The van der Waals surface area contributed by atoms with Gasteiger partial charge in [-0.25, -0.2) is 4.98 Å². The van der Waals surface area contributed by atoms with Crippen LogP contribution in [0.4, 0.5) is 5.95 Å². The number of rotatable bonds is 3. The van der Waals surface area contributed by atoms with E-state index < -0.39 is 0 Å². The second-order valence-electron chi connectivity index (χ2n) is 3.58. The van der Waals surface area contributed by atoms with Crippen LogP contribution in [-0.2, 0) is 0 Å². The maximum Gasteiger partial charge on any atom is 0.200 e. The van der Waals surface area contributed by atoms with Gasteiger partial charge in [-0.3, -0.25) is 0 Å². The number of aromatic nitrogens is 2. The van der Waals surface area contributed by atoms with Gasteiger partial charge in [-0.1, -0.05) is 0 Å². The van der Waals surface area contributed by atoms with E-state index in [1.54, 1.807) is 7.11 Å². The second kappa shape index (κ2) is 4.26. The van der Waals surface area contributed by atoms with Gasteiger partial charge >= 0.3 is 0 Å². The normalized spacial score (nSPS) is 10.2. The second-order valence-corrected chi connectivity index (χ2v) is 3.58. The molecule has 1 aromatic heterocycles.